The molecule has 2 N–H and O–H groups in total. The van der Waals surface area contributed by atoms with Crippen molar-refractivity contribution in [3.63, 3.8) is 0 Å². The van der Waals surface area contributed by atoms with Crippen LogP contribution in [0.3, 0.4) is 0 Å². The number of halogens is 3. The first-order valence-corrected chi connectivity index (χ1v) is 7.37. The van der Waals surface area contributed by atoms with E-state index in [2.05, 4.69) is 43.5 Å². The monoisotopic (exact) mass is 436 g/mol. The van der Waals surface area contributed by atoms with Crippen molar-refractivity contribution in [1.29, 1.82) is 0 Å². The van der Waals surface area contributed by atoms with Crippen molar-refractivity contribution in [2.45, 2.75) is 13.0 Å². The number of anilines is 1. The molecular weight excluding hydrogens is 426 g/mol. The molecule has 2 rings (SSSR count). The van der Waals surface area contributed by atoms with Gasteiger partial charge in [0.1, 0.15) is 11.9 Å². The SMILES string of the molecule is CC(Oc1cc(I)cnc1N)c1cc(F)ccc1Br. The molecule has 0 saturated carbocycles. The molecule has 1 unspecified atom stereocenters. The number of pyridine rings is 1. The smallest absolute Gasteiger partial charge is 0.166 e. The minimum Gasteiger partial charge on any atom is -0.482 e. The highest BCUT2D eigenvalue weighted by molar-refractivity contribution is 14.1. The Kier molecular flexibility index (Phi) is 4.62. The molecule has 0 bridgehead atoms. The molecule has 0 aliphatic carbocycles. The number of rotatable bonds is 3. The van der Waals surface area contributed by atoms with Gasteiger partial charge in [-0.15, -0.1) is 0 Å². The largest absolute Gasteiger partial charge is 0.482 e. The van der Waals surface area contributed by atoms with Crippen LogP contribution in [0.2, 0.25) is 0 Å². The van der Waals surface area contributed by atoms with E-state index in [4.69, 9.17) is 10.5 Å². The molecule has 0 aliphatic heterocycles. The maximum Gasteiger partial charge on any atom is 0.166 e. The molecule has 19 heavy (non-hydrogen) atoms. The van der Waals surface area contributed by atoms with Crippen molar-refractivity contribution in [2.24, 2.45) is 0 Å². The lowest BCUT2D eigenvalue weighted by Gasteiger charge is -2.17. The van der Waals surface area contributed by atoms with Crippen molar-refractivity contribution in [1.82, 2.24) is 4.98 Å². The summed E-state index contributed by atoms with van der Waals surface area (Å²) in [5, 5.41) is 0. The summed E-state index contributed by atoms with van der Waals surface area (Å²) in [6.45, 7) is 1.83. The summed E-state index contributed by atoms with van der Waals surface area (Å²) in [5.74, 6) is 0.512. The molecule has 1 aromatic heterocycles. The van der Waals surface area contributed by atoms with E-state index in [-0.39, 0.29) is 11.9 Å². The number of nitrogens with zero attached hydrogens (tertiary/aromatic N) is 1. The van der Waals surface area contributed by atoms with Gasteiger partial charge in [-0.25, -0.2) is 9.37 Å². The van der Waals surface area contributed by atoms with Gasteiger partial charge in [-0.1, -0.05) is 15.9 Å². The van der Waals surface area contributed by atoms with E-state index in [0.29, 0.717) is 11.6 Å². The Labute approximate surface area is 132 Å². The maximum atomic E-state index is 13.3. The first-order valence-electron chi connectivity index (χ1n) is 5.50. The van der Waals surface area contributed by atoms with E-state index in [9.17, 15) is 4.39 Å². The standard InChI is InChI=1S/C13H11BrFIN2O/c1-7(10-4-8(15)2-3-11(10)14)19-12-5-9(16)6-18-13(12)17/h2-7H,1H3,(H2,17,18). The van der Waals surface area contributed by atoms with Gasteiger partial charge in [0.05, 0.1) is 0 Å². The first kappa shape index (κ1) is 14.5. The van der Waals surface area contributed by atoms with Gasteiger partial charge in [-0.2, -0.15) is 0 Å². The van der Waals surface area contributed by atoms with Crippen molar-refractivity contribution in [3.05, 3.63) is 49.9 Å². The second-order valence-corrected chi connectivity index (χ2v) is 6.06. The van der Waals surface area contributed by atoms with Crippen LogP contribution in [0.25, 0.3) is 0 Å². The predicted molar refractivity (Wildman–Crippen MR) is 84.5 cm³/mol. The van der Waals surface area contributed by atoms with E-state index >= 15 is 0 Å². The third-order valence-electron chi connectivity index (χ3n) is 2.55. The third-order valence-corrected chi connectivity index (χ3v) is 3.86. The summed E-state index contributed by atoms with van der Waals surface area (Å²) in [5.41, 5.74) is 6.48. The normalized spacial score (nSPS) is 12.2. The quantitative estimate of drug-likeness (QED) is 0.729. The topological polar surface area (TPSA) is 48.1 Å². The summed E-state index contributed by atoms with van der Waals surface area (Å²) in [4.78, 5) is 4.02. The number of benzene rings is 1. The lowest BCUT2D eigenvalue weighted by Crippen LogP contribution is -2.07. The number of nitrogens with two attached hydrogens (primary N) is 1. The van der Waals surface area contributed by atoms with Crippen molar-refractivity contribution in [2.75, 3.05) is 5.73 Å². The highest BCUT2D eigenvalue weighted by atomic mass is 127. The summed E-state index contributed by atoms with van der Waals surface area (Å²) in [6, 6.07) is 6.28. The average molecular weight is 437 g/mol. The molecule has 3 nitrogen and oxygen atoms in total. The molecule has 2 aromatic rings. The minimum atomic E-state index is -0.340. The van der Waals surface area contributed by atoms with Gasteiger partial charge in [0.25, 0.3) is 0 Å². The van der Waals surface area contributed by atoms with Crippen molar-refractivity contribution in [3.8, 4) is 5.75 Å². The first-order chi connectivity index (χ1) is 8.97. The Balaban J connectivity index is 2.27. The highest BCUT2D eigenvalue weighted by Crippen LogP contribution is 2.30. The Bertz CT molecular complexity index is 609. The van der Waals surface area contributed by atoms with Crippen LogP contribution < -0.4 is 10.5 Å². The maximum absolute atomic E-state index is 13.3. The van der Waals surface area contributed by atoms with Crippen molar-refractivity contribution < 1.29 is 9.13 Å². The van der Waals surface area contributed by atoms with Gasteiger partial charge in [-0.05, 0) is 53.8 Å². The third kappa shape index (κ3) is 3.56. The minimum absolute atomic E-state index is 0.303. The van der Waals surface area contributed by atoms with Crippen molar-refractivity contribution >= 4 is 44.3 Å². The fraction of sp³-hybridized carbons (Fsp3) is 0.154. The van der Waals surface area contributed by atoms with Crippen LogP contribution in [0.5, 0.6) is 5.75 Å². The van der Waals surface area contributed by atoms with E-state index in [0.717, 1.165) is 13.6 Å². The number of ether oxygens (including phenoxy) is 1. The second-order valence-electron chi connectivity index (χ2n) is 3.96. The lowest BCUT2D eigenvalue weighted by atomic mass is 10.1. The van der Waals surface area contributed by atoms with Crippen LogP contribution in [-0.2, 0) is 0 Å². The second kappa shape index (κ2) is 6.04. The summed E-state index contributed by atoms with van der Waals surface area (Å²) in [6.07, 6.45) is 1.32. The van der Waals surface area contributed by atoms with Gasteiger partial charge < -0.3 is 10.5 Å². The van der Waals surface area contributed by atoms with E-state index in [1.807, 2.05) is 6.92 Å². The number of nitrogen functional groups attached to an aromatic ring is 1. The summed E-state index contributed by atoms with van der Waals surface area (Å²) in [7, 11) is 0. The van der Waals surface area contributed by atoms with E-state index in [1.54, 1.807) is 18.3 Å². The summed E-state index contributed by atoms with van der Waals surface area (Å²) < 4.78 is 20.7. The van der Waals surface area contributed by atoms with Crippen LogP contribution in [0, 0.1) is 9.39 Å². The molecule has 0 spiro atoms. The Morgan fingerprint density at radius 2 is 2.16 bits per heavy atom. The van der Waals surface area contributed by atoms with Crippen LogP contribution in [0.15, 0.2) is 34.9 Å². The number of hydrogen-bond acceptors (Lipinski definition) is 3. The number of hydrogen-bond donors (Lipinski definition) is 1. The van der Waals surface area contributed by atoms with Crippen LogP contribution >= 0.6 is 38.5 Å². The molecule has 1 atom stereocenters. The Morgan fingerprint density at radius 1 is 1.42 bits per heavy atom. The molecule has 0 radical (unpaired) electrons. The zero-order valence-corrected chi connectivity index (χ0v) is 13.8. The van der Waals surface area contributed by atoms with Gasteiger partial charge in [0, 0.05) is 19.8 Å². The van der Waals surface area contributed by atoms with Gasteiger partial charge in [0.15, 0.2) is 11.6 Å². The highest BCUT2D eigenvalue weighted by Gasteiger charge is 2.14. The zero-order chi connectivity index (χ0) is 14.0. The fourth-order valence-corrected chi connectivity index (χ4v) is 2.60. The van der Waals surface area contributed by atoms with Gasteiger partial charge >= 0.3 is 0 Å². The zero-order valence-electron chi connectivity index (χ0n) is 10.0. The molecule has 0 aliphatic rings. The van der Waals surface area contributed by atoms with E-state index < -0.39 is 0 Å². The van der Waals surface area contributed by atoms with Crippen LogP contribution in [0.1, 0.15) is 18.6 Å². The average Bonchev–Trinajstić information content (AvgIpc) is 2.36. The number of aromatic nitrogens is 1. The van der Waals surface area contributed by atoms with E-state index in [1.165, 1.54) is 12.1 Å². The summed E-state index contributed by atoms with van der Waals surface area (Å²) >= 11 is 5.51. The molecule has 0 fully saturated rings. The van der Waals surface area contributed by atoms with Crippen LogP contribution in [0.4, 0.5) is 10.2 Å². The van der Waals surface area contributed by atoms with Crippen LogP contribution in [-0.4, -0.2) is 4.98 Å². The molecule has 1 aromatic carbocycles. The Hall–Kier alpha value is -0.890. The van der Waals surface area contributed by atoms with Gasteiger partial charge in [-0.3, -0.25) is 0 Å². The molecular formula is C13H11BrFIN2O. The molecule has 1 heterocycles. The molecule has 6 heteroatoms. The molecule has 0 saturated heterocycles. The van der Waals surface area contributed by atoms with Gasteiger partial charge in [0.2, 0.25) is 0 Å². The Morgan fingerprint density at radius 3 is 2.89 bits per heavy atom. The molecule has 100 valence electrons. The predicted octanol–water partition coefficient (Wildman–Crippen LogP) is 4.31. The lowest BCUT2D eigenvalue weighted by molar-refractivity contribution is 0.226. The fourth-order valence-electron chi connectivity index (χ4n) is 1.61. The molecule has 0 amide bonds.